The van der Waals surface area contributed by atoms with Crippen LogP contribution in [0.25, 0.3) is 0 Å². The highest BCUT2D eigenvalue weighted by Crippen LogP contribution is 2.37. The van der Waals surface area contributed by atoms with Crippen molar-refractivity contribution in [3.63, 3.8) is 0 Å². The molecule has 4 heterocycles. The molecule has 0 radical (unpaired) electrons. The summed E-state index contributed by atoms with van der Waals surface area (Å²) in [4.78, 5) is 6.69. The van der Waals surface area contributed by atoms with Crippen LogP contribution in [0.4, 0.5) is 10.2 Å². The summed E-state index contributed by atoms with van der Waals surface area (Å²) in [6, 6.07) is 3.80. The third-order valence-corrected chi connectivity index (χ3v) is 5.58. The Kier molecular flexibility index (Phi) is 4.70. The summed E-state index contributed by atoms with van der Waals surface area (Å²) in [5, 5.41) is 3.23. The minimum Gasteiger partial charge on any atom is -0.381 e. The fourth-order valence-electron chi connectivity index (χ4n) is 4.40. The minimum absolute atomic E-state index is 0.0839. The predicted molar refractivity (Wildman–Crippen MR) is 89.6 cm³/mol. The number of hydrogen-bond acceptors (Lipinski definition) is 5. The van der Waals surface area contributed by atoms with Crippen LogP contribution >= 0.6 is 0 Å². The molecule has 24 heavy (non-hydrogen) atoms. The van der Waals surface area contributed by atoms with Gasteiger partial charge in [0.15, 0.2) is 11.6 Å². The van der Waals surface area contributed by atoms with Crippen LogP contribution in [0.5, 0.6) is 0 Å². The Balaban J connectivity index is 1.38. The zero-order chi connectivity index (χ0) is 16.4. The molecule has 0 amide bonds. The van der Waals surface area contributed by atoms with E-state index in [1.165, 1.54) is 12.5 Å². The largest absolute Gasteiger partial charge is 0.381 e. The highest BCUT2D eigenvalue weighted by atomic mass is 19.1. The van der Waals surface area contributed by atoms with Crippen LogP contribution in [-0.4, -0.2) is 60.5 Å². The lowest BCUT2D eigenvalue weighted by molar-refractivity contribution is -0.0741. The fourth-order valence-corrected chi connectivity index (χ4v) is 4.40. The van der Waals surface area contributed by atoms with Crippen molar-refractivity contribution in [3.8, 4) is 0 Å². The first-order valence-electron chi connectivity index (χ1n) is 9.07. The maximum absolute atomic E-state index is 13.8. The molecule has 0 aromatic carbocycles. The van der Waals surface area contributed by atoms with E-state index in [-0.39, 0.29) is 17.5 Å². The van der Waals surface area contributed by atoms with Crippen LogP contribution in [0.3, 0.4) is 0 Å². The van der Waals surface area contributed by atoms with Gasteiger partial charge in [-0.15, -0.1) is 0 Å². The van der Waals surface area contributed by atoms with Crippen LogP contribution in [0, 0.1) is 5.82 Å². The third-order valence-electron chi connectivity index (χ3n) is 5.58. The molecule has 1 spiro atoms. The van der Waals surface area contributed by atoms with Gasteiger partial charge in [-0.25, -0.2) is 9.37 Å². The zero-order valence-corrected chi connectivity index (χ0v) is 14.0. The molecule has 132 valence electrons. The average molecular weight is 335 g/mol. The molecular formula is C18H26FN3O2. The summed E-state index contributed by atoms with van der Waals surface area (Å²) in [6.07, 6.45) is 7.04. The Labute approximate surface area is 142 Å². The molecule has 3 aliphatic heterocycles. The van der Waals surface area contributed by atoms with Gasteiger partial charge in [-0.1, -0.05) is 0 Å². The lowest BCUT2D eigenvalue weighted by Crippen LogP contribution is -2.53. The smallest absolute Gasteiger partial charge is 0.165 e. The van der Waals surface area contributed by atoms with Gasteiger partial charge in [0.25, 0.3) is 0 Å². The van der Waals surface area contributed by atoms with E-state index >= 15 is 0 Å². The molecule has 5 nitrogen and oxygen atoms in total. The second-order valence-corrected chi connectivity index (χ2v) is 7.29. The number of anilines is 1. The molecule has 3 aliphatic rings. The second-order valence-electron chi connectivity index (χ2n) is 7.29. The first-order chi connectivity index (χ1) is 11.7. The Morgan fingerprint density at radius 1 is 1.33 bits per heavy atom. The number of nitrogens with one attached hydrogen (secondary N) is 1. The summed E-state index contributed by atoms with van der Waals surface area (Å²) in [7, 11) is 0. The Hall–Kier alpha value is -1.24. The van der Waals surface area contributed by atoms with Gasteiger partial charge in [0.1, 0.15) is 0 Å². The van der Waals surface area contributed by atoms with Gasteiger partial charge in [-0.05, 0) is 44.4 Å². The van der Waals surface area contributed by atoms with E-state index in [0.717, 1.165) is 52.0 Å². The normalized spacial score (nSPS) is 32.3. The van der Waals surface area contributed by atoms with E-state index in [1.807, 2.05) is 0 Å². The topological polar surface area (TPSA) is 46.6 Å². The molecule has 1 aromatic rings. The first kappa shape index (κ1) is 16.2. The molecule has 2 unspecified atom stereocenters. The lowest BCUT2D eigenvalue weighted by atomic mass is 9.87. The molecule has 3 saturated heterocycles. The number of hydrogen-bond donors (Lipinski definition) is 1. The van der Waals surface area contributed by atoms with Crippen molar-refractivity contribution in [2.45, 2.75) is 49.8 Å². The van der Waals surface area contributed by atoms with E-state index in [0.29, 0.717) is 18.5 Å². The Bertz CT molecular complexity index is 567. The van der Waals surface area contributed by atoms with Gasteiger partial charge in [0, 0.05) is 38.4 Å². The lowest BCUT2D eigenvalue weighted by Gasteiger charge is -2.44. The first-order valence-corrected chi connectivity index (χ1v) is 9.07. The number of halogens is 1. The van der Waals surface area contributed by atoms with E-state index < -0.39 is 0 Å². The molecule has 0 bridgehead atoms. The van der Waals surface area contributed by atoms with Crippen LogP contribution in [0.15, 0.2) is 18.3 Å². The van der Waals surface area contributed by atoms with Gasteiger partial charge in [-0.2, -0.15) is 0 Å². The van der Waals surface area contributed by atoms with Gasteiger partial charge in [-0.3, -0.25) is 4.90 Å². The number of likely N-dealkylation sites (tertiary alicyclic amines) is 1. The fraction of sp³-hybridized carbons (Fsp3) is 0.722. The molecule has 6 heteroatoms. The summed E-state index contributed by atoms with van der Waals surface area (Å²) in [5.74, 6) is 0.0335. The number of ether oxygens (including phenoxy) is 2. The van der Waals surface area contributed by atoms with Gasteiger partial charge < -0.3 is 14.8 Å². The summed E-state index contributed by atoms with van der Waals surface area (Å²) < 4.78 is 25.5. The quantitative estimate of drug-likeness (QED) is 0.919. The molecule has 3 fully saturated rings. The standard InChI is InChI=1S/C18H26FN3O2/c19-16-3-1-7-20-17(16)21-14-11-18(24-12-14)6-2-8-22(13-18)15-4-9-23-10-5-15/h1,3,7,14-15H,2,4-6,8-13H2,(H,20,21). The Morgan fingerprint density at radius 3 is 3.04 bits per heavy atom. The summed E-state index contributed by atoms with van der Waals surface area (Å²) in [6.45, 7) is 4.51. The number of nitrogens with zero attached hydrogens (tertiary/aromatic N) is 2. The average Bonchev–Trinajstić information content (AvgIpc) is 3.00. The van der Waals surface area contributed by atoms with Gasteiger partial charge in [0.05, 0.1) is 18.2 Å². The van der Waals surface area contributed by atoms with E-state index in [9.17, 15) is 4.39 Å². The number of pyridine rings is 1. The molecule has 0 aliphatic carbocycles. The Morgan fingerprint density at radius 2 is 2.21 bits per heavy atom. The molecule has 1 N–H and O–H groups in total. The number of aromatic nitrogens is 1. The van der Waals surface area contributed by atoms with Crippen molar-refractivity contribution in [2.24, 2.45) is 0 Å². The third kappa shape index (κ3) is 3.41. The minimum atomic E-state index is -0.300. The summed E-state index contributed by atoms with van der Waals surface area (Å²) >= 11 is 0. The van der Waals surface area contributed by atoms with Gasteiger partial charge >= 0.3 is 0 Å². The van der Waals surface area contributed by atoms with Crippen molar-refractivity contribution in [1.29, 1.82) is 0 Å². The van der Waals surface area contributed by atoms with E-state index in [4.69, 9.17) is 9.47 Å². The van der Waals surface area contributed by atoms with Crippen LogP contribution in [0.2, 0.25) is 0 Å². The molecule has 0 saturated carbocycles. The van der Waals surface area contributed by atoms with Crippen molar-refractivity contribution in [3.05, 3.63) is 24.1 Å². The maximum Gasteiger partial charge on any atom is 0.165 e. The molecule has 1 aromatic heterocycles. The van der Waals surface area contributed by atoms with Gasteiger partial charge in [0.2, 0.25) is 0 Å². The SMILES string of the molecule is Fc1cccnc1NC1COC2(CCCN(C3CCOCC3)C2)C1. The highest BCUT2D eigenvalue weighted by molar-refractivity contribution is 5.37. The zero-order valence-electron chi connectivity index (χ0n) is 14.0. The van der Waals surface area contributed by atoms with E-state index in [2.05, 4.69) is 15.2 Å². The predicted octanol–water partition coefficient (Wildman–Crippen LogP) is 2.44. The van der Waals surface area contributed by atoms with Crippen molar-refractivity contribution < 1.29 is 13.9 Å². The monoisotopic (exact) mass is 335 g/mol. The van der Waals surface area contributed by atoms with Crippen LogP contribution in [0.1, 0.15) is 32.1 Å². The molecule has 2 atom stereocenters. The van der Waals surface area contributed by atoms with Crippen molar-refractivity contribution in [1.82, 2.24) is 9.88 Å². The van der Waals surface area contributed by atoms with Crippen molar-refractivity contribution >= 4 is 5.82 Å². The van der Waals surface area contributed by atoms with Crippen LogP contribution in [-0.2, 0) is 9.47 Å². The van der Waals surface area contributed by atoms with E-state index in [1.54, 1.807) is 12.3 Å². The van der Waals surface area contributed by atoms with Crippen molar-refractivity contribution in [2.75, 3.05) is 38.2 Å². The molecule has 4 rings (SSSR count). The molecular weight excluding hydrogens is 309 g/mol. The van der Waals surface area contributed by atoms with Crippen LogP contribution < -0.4 is 5.32 Å². The highest BCUT2D eigenvalue weighted by Gasteiger charge is 2.44. The second kappa shape index (κ2) is 6.94. The summed E-state index contributed by atoms with van der Waals surface area (Å²) in [5.41, 5.74) is -0.0839. The number of rotatable bonds is 3. The maximum atomic E-state index is 13.8. The number of piperidine rings is 1.